The lowest BCUT2D eigenvalue weighted by molar-refractivity contribution is -0.125. The summed E-state index contributed by atoms with van der Waals surface area (Å²) in [6.07, 6.45) is 1.83. The van der Waals surface area contributed by atoms with E-state index in [1.54, 1.807) is 0 Å². The number of rotatable bonds is 5. The highest BCUT2D eigenvalue weighted by Crippen LogP contribution is 2.34. The summed E-state index contributed by atoms with van der Waals surface area (Å²) in [5.41, 5.74) is 8.62. The van der Waals surface area contributed by atoms with Crippen molar-refractivity contribution < 1.29 is 9.53 Å². The summed E-state index contributed by atoms with van der Waals surface area (Å²) in [7, 11) is 0. The molecule has 4 rings (SSSR count). The zero-order valence-electron chi connectivity index (χ0n) is 15.8. The first-order valence-electron chi connectivity index (χ1n) is 9.83. The third-order valence-corrected chi connectivity index (χ3v) is 6.24. The van der Waals surface area contributed by atoms with Crippen LogP contribution in [-0.4, -0.2) is 32.2 Å². The largest absolute Gasteiger partial charge is 0.381 e. The zero-order valence-corrected chi connectivity index (χ0v) is 16.5. The molecule has 2 unspecified atom stereocenters. The minimum atomic E-state index is -0.172. The molecule has 5 nitrogen and oxygen atoms in total. The molecular formula is C22H26ClN3O2. The van der Waals surface area contributed by atoms with Gasteiger partial charge in [0.25, 0.3) is 0 Å². The maximum absolute atomic E-state index is 13.1. The Morgan fingerprint density at radius 3 is 2.54 bits per heavy atom. The summed E-state index contributed by atoms with van der Waals surface area (Å²) in [6, 6.07) is 18.1. The molecule has 6 heteroatoms. The molecule has 0 saturated carbocycles. The van der Waals surface area contributed by atoms with Gasteiger partial charge >= 0.3 is 0 Å². The standard InChI is InChI=1S/C22H26ClN3O2/c23-18-8-6-16(7-9-18)20-19(14-25-26-20)21(27)24-15-22(10-12-28-13-11-22)17-4-2-1-3-5-17/h1-9,19-20,25-26H,10-15H2,(H,24,27). The van der Waals surface area contributed by atoms with E-state index in [-0.39, 0.29) is 23.3 Å². The van der Waals surface area contributed by atoms with Gasteiger partial charge in [-0.1, -0.05) is 54.1 Å². The fourth-order valence-corrected chi connectivity index (χ4v) is 4.36. The molecule has 2 aromatic rings. The van der Waals surface area contributed by atoms with Crippen LogP contribution in [0.25, 0.3) is 0 Å². The second kappa shape index (κ2) is 8.62. The van der Waals surface area contributed by atoms with E-state index in [0.717, 1.165) is 31.6 Å². The Bertz CT molecular complexity index is 791. The van der Waals surface area contributed by atoms with Crippen LogP contribution in [0.5, 0.6) is 0 Å². The van der Waals surface area contributed by atoms with Gasteiger partial charge in [-0.3, -0.25) is 10.2 Å². The highest BCUT2D eigenvalue weighted by Gasteiger charge is 2.38. The second-order valence-corrected chi connectivity index (χ2v) is 8.07. The lowest BCUT2D eigenvalue weighted by Crippen LogP contribution is -2.46. The third kappa shape index (κ3) is 4.08. The van der Waals surface area contributed by atoms with E-state index in [9.17, 15) is 4.79 Å². The van der Waals surface area contributed by atoms with Crippen molar-refractivity contribution in [2.24, 2.45) is 5.92 Å². The zero-order chi connectivity index (χ0) is 19.4. The number of carbonyl (C=O) groups is 1. The summed E-state index contributed by atoms with van der Waals surface area (Å²) < 4.78 is 5.59. The first-order valence-corrected chi connectivity index (χ1v) is 10.2. The molecule has 2 heterocycles. The summed E-state index contributed by atoms with van der Waals surface area (Å²) in [4.78, 5) is 13.1. The van der Waals surface area contributed by atoms with Crippen LogP contribution >= 0.6 is 11.6 Å². The highest BCUT2D eigenvalue weighted by atomic mass is 35.5. The smallest absolute Gasteiger partial charge is 0.226 e. The number of hydrazine groups is 1. The molecule has 0 aliphatic carbocycles. The molecule has 2 aromatic carbocycles. The molecule has 2 aliphatic heterocycles. The van der Waals surface area contributed by atoms with Gasteiger partial charge in [0.1, 0.15) is 0 Å². The van der Waals surface area contributed by atoms with E-state index in [1.807, 2.05) is 30.3 Å². The fraction of sp³-hybridized carbons (Fsp3) is 0.409. The second-order valence-electron chi connectivity index (χ2n) is 7.64. The van der Waals surface area contributed by atoms with Gasteiger partial charge in [-0.05, 0) is 36.1 Å². The van der Waals surface area contributed by atoms with Gasteiger partial charge in [0.05, 0.1) is 12.0 Å². The van der Waals surface area contributed by atoms with Crippen molar-refractivity contribution in [1.29, 1.82) is 0 Å². The maximum Gasteiger partial charge on any atom is 0.226 e. The molecule has 28 heavy (non-hydrogen) atoms. The number of benzene rings is 2. The van der Waals surface area contributed by atoms with Crippen molar-refractivity contribution >= 4 is 17.5 Å². The van der Waals surface area contributed by atoms with Crippen LogP contribution in [0.4, 0.5) is 0 Å². The molecule has 2 saturated heterocycles. The van der Waals surface area contributed by atoms with Gasteiger partial charge in [-0.15, -0.1) is 0 Å². The molecule has 2 fully saturated rings. The molecule has 2 aliphatic rings. The predicted octanol–water partition coefficient (Wildman–Crippen LogP) is 2.97. The Labute approximate surface area is 170 Å². The Balaban J connectivity index is 1.47. The van der Waals surface area contributed by atoms with Crippen molar-refractivity contribution in [2.45, 2.75) is 24.3 Å². The van der Waals surface area contributed by atoms with Crippen LogP contribution in [0.3, 0.4) is 0 Å². The lowest BCUT2D eigenvalue weighted by atomic mass is 9.74. The fourth-order valence-electron chi connectivity index (χ4n) is 4.24. The number of amides is 1. The molecule has 0 radical (unpaired) electrons. The van der Waals surface area contributed by atoms with Crippen molar-refractivity contribution in [3.8, 4) is 0 Å². The molecule has 3 N–H and O–H groups in total. The molecule has 2 atom stereocenters. The van der Waals surface area contributed by atoms with Gasteiger partial charge < -0.3 is 10.1 Å². The minimum absolute atomic E-state index is 0.0651. The molecule has 1 amide bonds. The Hall–Kier alpha value is -1.92. The van der Waals surface area contributed by atoms with E-state index in [4.69, 9.17) is 16.3 Å². The van der Waals surface area contributed by atoms with Crippen molar-refractivity contribution in [1.82, 2.24) is 16.2 Å². The number of hydrogen-bond acceptors (Lipinski definition) is 4. The SMILES string of the molecule is O=C(NCC1(c2ccccc2)CCOCC1)C1CNNC1c1ccc(Cl)cc1. The van der Waals surface area contributed by atoms with Gasteiger partial charge in [0, 0.05) is 36.7 Å². The number of ether oxygens (including phenoxy) is 1. The summed E-state index contributed by atoms with van der Waals surface area (Å²) >= 11 is 6.00. The van der Waals surface area contributed by atoms with Crippen molar-refractivity contribution in [2.75, 3.05) is 26.3 Å². The molecule has 0 bridgehead atoms. The highest BCUT2D eigenvalue weighted by molar-refractivity contribution is 6.30. The number of halogens is 1. The van der Waals surface area contributed by atoms with Gasteiger partial charge in [-0.25, -0.2) is 5.43 Å². The maximum atomic E-state index is 13.1. The van der Waals surface area contributed by atoms with Gasteiger partial charge in [-0.2, -0.15) is 0 Å². The first kappa shape index (κ1) is 19.4. The predicted molar refractivity (Wildman–Crippen MR) is 110 cm³/mol. The quantitative estimate of drug-likeness (QED) is 0.723. The topological polar surface area (TPSA) is 62.4 Å². The first-order chi connectivity index (χ1) is 13.7. The van der Waals surface area contributed by atoms with Crippen LogP contribution in [0.15, 0.2) is 54.6 Å². The summed E-state index contributed by atoms with van der Waals surface area (Å²) in [6.45, 7) is 2.68. The van der Waals surface area contributed by atoms with E-state index in [2.05, 4.69) is 40.4 Å². The minimum Gasteiger partial charge on any atom is -0.381 e. The van der Waals surface area contributed by atoms with Crippen molar-refractivity contribution in [3.63, 3.8) is 0 Å². The van der Waals surface area contributed by atoms with Crippen LogP contribution in [0, 0.1) is 5.92 Å². The normalized spacial score (nSPS) is 24.0. The van der Waals surface area contributed by atoms with E-state index >= 15 is 0 Å². The summed E-state index contributed by atoms with van der Waals surface area (Å²) in [5.74, 6) is -0.104. The Kier molecular flexibility index (Phi) is 5.97. The molecule has 148 valence electrons. The van der Waals surface area contributed by atoms with Crippen LogP contribution in [0.1, 0.15) is 30.0 Å². The van der Waals surface area contributed by atoms with E-state index in [0.29, 0.717) is 18.1 Å². The lowest BCUT2D eigenvalue weighted by Gasteiger charge is -2.38. The Morgan fingerprint density at radius 1 is 1.11 bits per heavy atom. The van der Waals surface area contributed by atoms with E-state index < -0.39 is 0 Å². The Morgan fingerprint density at radius 2 is 1.82 bits per heavy atom. The van der Waals surface area contributed by atoms with E-state index in [1.165, 1.54) is 5.56 Å². The van der Waals surface area contributed by atoms with Crippen molar-refractivity contribution in [3.05, 3.63) is 70.7 Å². The van der Waals surface area contributed by atoms with Gasteiger partial charge in [0.2, 0.25) is 5.91 Å². The average Bonchev–Trinajstić information content (AvgIpc) is 3.24. The van der Waals surface area contributed by atoms with Crippen LogP contribution in [-0.2, 0) is 14.9 Å². The number of carbonyl (C=O) groups excluding carboxylic acids is 1. The number of hydrogen-bond donors (Lipinski definition) is 3. The van der Waals surface area contributed by atoms with Crippen LogP contribution < -0.4 is 16.2 Å². The average molecular weight is 400 g/mol. The molecular weight excluding hydrogens is 374 g/mol. The third-order valence-electron chi connectivity index (χ3n) is 5.98. The molecule has 0 spiro atoms. The summed E-state index contributed by atoms with van der Waals surface area (Å²) in [5, 5.41) is 3.94. The van der Waals surface area contributed by atoms with Gasteiger partial charge in [0.15, 0.2) is 0 Å². The molecule has 0 aromatic heterocycles. The van der Waals surface area contributed by atoms with Crippen LogP contribution in [0.2, 0.25) is 5.02 Å². The monoisotopic (exact) mass is 399 g/mol. The number of nitrogens with one attached hydrogen (secondary N) is 3.